The quantitative estimate of drug-likeness (QED) is 0.371. The van der Waals surface area contributed by atoms with Crippen molar-refractivity contribution < 1.29 is 13.5 Å². The van der Waals surface area contributed by atoms with Crippen LogP contribution in [0.1, 0.15) is 64.5 Å². The monoisotopic (exact) mass is 535 g/mol. The lowest BCUT2D eigenvalue weighted by molar-refractivity contribution is 0.108. The van der Waals surface area contributed by atoms with Crippen LogP contribution < -0.4 is 9.64 Å². The van der Waals surface area contributed by atoms with Crippen molar-refractivity contribution in [1.29, 1.82) is 0 Å². The second-order valence-corrected chi connectivity index (χ2v) is 12.2. The van der Waals surface area contributed by atoms with E-state index in [0.717, 1.165) is 37.4 Å². The molecule has 4 heterocycles. The summed E-state index contributed by atoms with van der Waals surface area (Å²) in [4.78, 5) is 17.9. The highest BCUT2D eigenvalue weighted by atomic mass is 19.1. The van der Waals surface area contributed by atoms with Gasteiger partial charge in [0, 0.05) is 30.0 Å². The summed E-state index contributed by atoms with van der Waals surface area (Å²) < 4.78 is 35.4. The first-order valence-corrected chi connectivity index (χ1v) is 14.0. The number of benzene rings is 1. The topological polar surface area (TPSA) is 54.4 Å². The molecule has 39 heavy (non-hydrogen) atoms. The van der Waals surface area contributed by atoms with Crippen molar-refractivity contribution in [3.8, 4) is 17.0 Å². The van der Waals surface area contributed by atoms with Gasteiger partial charge in [0.15, 0.2) is 17.4 Å². The van der Waals surface area contributed by atoms with E-state index in [-0.39, 0.29) is 17.5 Å². The molecule has 208 valence electrons. The zero-order valence-electron chi connectivity index (χ0n) is 23.7. The van der Waals surface area contributed by atoms with Gasteiger partial charge in [0.25, 0.3) is 0 Å². The molecule has 0 aliphatic carbocycles. The Kier molecular flexibility index (Phi) is 7.85. The number of likely N-dealkylation sites (tertiary alicyclic amines) is 1. The lowest BCUT2D eigenvalue weighted by atomic mass is 9.75. The van der Waals surface area contributed by atoms with Gasteiger partial charge < -0.3 is 9.64 Å². The fourth-order valence-electron chi connectivity index (χ4n) is 5.70. The number of fused-ring (bicyclic) bond motifs is 1. The third-order valence-electron chi connectivity index (χ3n) is 8.05. The molecule has 6 nitrogen and oxygen atoms in total. The number of piperidine rings is 1. The SMILES string of the molecule is CC(C)N1CCOc2c(F)cc(-c3nc(Cc4ccc(CN5CCC(C(C)(C)C)CC5)cn4)ncc3F)cc21. The van der Waals surface area contributed by atoms with Crippen molar-refractivity contribution in [2.45, 2.75) is 66.5 Å². The smallest absolute Gasteiger partial charge is 0.178 e. The number of rotatable bonds is 6. The lowest BCUT2D eigenvalue weighted by Gasteiger charge is -2.38. The van der Waals surface area contributed by atoms with Gasteiger partial charge >= 0.3 is 0 Å². The first-order chi connectivity index (χ1) is 18.6. The Morgan fingerprint density at radius 1 is 1.00 bits per heavy atom. The van der Waals surface area contributed by atoms with Crippen LogP contribution in [0.25, 0.3) is 11.3 Å². The van der Waals surface area contributed by atoms with E-state index in [9.17, 15) is 8.78 Å². The number of ether oxygens (including phenoxy) is 1. The summed E-state index contributed by atoms with van der Waals surface area (Å²) in [6, 6.07) is 7.28. The van der Waals surface area contributed by atoms with Gasteiger partial charge in [0.2, 0.25) is 0 Å². The Bertz CT molecular complexity index is 1300. The van der Waals surface area contributed by atoms with Crippen molar-refractivity contribution in [1.82, 2.24) is 19.9 Å². The standard InChI is InChI=1S/C31H39F2N5O/c1-20(2)38-12-13-39-30-25(32)14-22(15-27(30)38)29-26(33)18-35-28(36-29)16-24-7-6-21(17-34-24)19-37-10-8-23(9-11-37)31(3,4)5/h6-7,14-15,17-18,20,23H,8-13,16,19H2,1-5H3. The molecule has 1 fully saturated rings. The predicted molar refractivity (Wildman–Crippen MR) is 150 cm³/mol. The van der Waals surface area contributed by atoms with Crippen LogP contribution in [0.3, 0.4) is 0 Å². The molecule has 2 aliphatic rings. The molecule has 0 bridgehead atoms. The molecule has 0 N–H and O–H groups in total. The first-order valence-electron chi connectivity index (χ1n) is 14.0. The number of anilines is 1. The molecule has 1 saturated heterocycles. The molecular formula is C31H39F2N5O. The second kappa shape index (κ2) is 11.2. The Balaban J connectivity index is 1.29. The van der Waals surface area contributed by atoms with Crippen LogP contribution >= 0.6 is 0 Å². The predicted octanol–water partition coefficient (Wildman–Crippen LogP) is 6.27. The van der Waals surface area contributed by atoms with Gasteiger partial charge in [0.1, 0.15) is 18.1 Å². The number of hydrogen-bond donors (Lipinski definition) is 0. The number of halogens is 2. The van der Waals surface area contributed by atoms with Crippen LogP contribution in [0.2, 0.25) is 0 Å². The van der Waals surface area contributed by atoms with Gasteiger partial charge in [-0.25, -0.2) is 18.7 Å². The Labute approximate surface area is 230 Å². The highest BCUT2D eigenvalue weighted by molar-refractivity contribution is 5.72. The fraction of sp³-hybridized carbons (Fsp3) is 0.516. The van der Waals surface area contributed by atoms with Gasteiger partial charge in [-0.3, -0.25) is 9.88 Å². The fourth-order valence-corrected chi connectivity index (χ4v) is 5.70. The summed E-state index contributed by atoms with van der Waals surface area (Å²) in [6.45, 7) is 15.3. The van der Waals surface area contributed by atoms with E-state index < -0.39 is 11.6 Å². The van der Waals surface area contributed by atoms with Crippen LogP contribution in [0.5, 0.6) is 5.75 Å². The van der Waals surface area contributed by atoms with Crippen molar-refractivity contribution in [2.75, 3.05) is 31.1 Å². The van der Waals surface area contributed by atoms with Crippen LogP contribution in [0.4, 0.5) is 14.5 Å². The third-order valence-corrected chi connectivity index (χ3v) is 8.05. The van der Waals surface area contributed by atoms with Crippen molar-refractivity contribution in [3.63, 3.8) is 0 Å². The van der Waals surface area contributed by atoms with Gasteiger partial charge in [-0.15, -0.1) is 0 Å². The molecule has 2 aromatic heterocycles. The van der Waals surface area contributed by atoms with Gasteiger partial charge in [-0.05, 0) is 74.9 Å². The maximum Gasteiger partial charge on any atom is 0.178 e. The zero-order valence-corrected chi connectivity index (χ0v) is 23.7. The molecule has 0 amide bonds. The molecule has 1 aromatic carbocycles. The molecule has 0 unspecified atom stereocenters. The van der Waals surface area contributed by atoms with Crippen molar-refractivity contribution >= 4 is 5.69 Å². The lowest BCUT2D eigenvalue weighted by Crippen LogP contribution is -2.38. The summed E-state index contributed by atoms with van der Waals surface area (Å²) in [7, 11) is 0. The molecule has 2 aliphatic heterocycles. The maximum absolute atomic E-state index is 15.0. The Morgan fingerprint density at radius 2 is 1.77 bits per heavy atom. The normalized spacial score (nSPS) is 16.9. The van der Waals surface area contributed by atoms with E-state index in [4.69, 9.17) is 4.74 Å². The average Bonchev–Trinajstić information content (AvgIpc) is 2.90. The molecule has 8 heteroatoms. The minimum Gasteiger partial charge on any atom is -0.486 e. The van der Waals surface area contributed by atoms with E-state index in [0.29, 0.717) is 42.1 Å². The molecule has 3 aromatic rings. The molecular weight excluding hydrogens is 496 g/mol. The molecule has 0 saturated carbocycles. The average molecular weight is 536 g/mol. The number of hydrogen-bond acceptors (Lipinski definition) is 6. The largest absolute Gasteiger partial charge is 0.486 e. The summed E-state index contributed by atoms with van der Waals surface area (Å²) >= 11 is 0. The van der Waals surface area contributed by atoms with Gasteiger partial charge in [-0.1, -0.05) is 26.8 Å². The van der Waals surface area contributed by atoms with Crippen LogP contribution in [0, 0.1) is 23.0 Å². The molecule has 0 spiro atoms. The first kappa shape index (κ1) is 27.4. The summed E-state index contributed by atoms with van der Waals surface area (Å²) in [5.41, 5.74) is 3.40. The number of aromatic nitrogens is 3. The Hall–Kier alpha value is -3.13. The molecule has 0 atom stereocenters. The van der Waals surface area contributed by atoms with Gasteiger partial charge in [0.05, 0.1) is 24.8 Å². The summed E-state index contributed by atoms with van der Waals surface area (Å²) in [6.07, 6.45) is 5.89. The minimum atomic E-state index is -0.593. The highest BCUT2D eigenvalue weighted by Gasteiger charge is 2.29. The van der Waals surface area contributed by atoms with Crippen LogP contribution in [-0.2, 0) is 13.0 Å². The summed E-state index contributed by atoms with van der Waals surface area (Å²) in [5, 5.41) is 0. The highest BCUT2D eigenvalue weighted by Crippen LogP contribution is 2.39. The van der Waals surface area contributed by atoms with Gasteiger partial charge in [-0.2, -0.15) is 0 Å². The van der Waals surface area contributed by atoms with E-state index in [1.54, 1.807) is 6.07 Å². The number of nitrogens with zero attached hydrogens (tertiary/aromatic N) is 5. The van der Waals surface area contributed by atoms with Crippen molar-refractivity contribution in [2.24, 2.45) is 11.3 Å². The second-order valence-electron chi connectivity index (χ2n) is 12.2. The van der Waals surface area contributed by atoms with E-state index in [1.807, 2.05) is 26.1 Å². The van der Waals surface area contributed by atoms with Crippen LogP contribution in [-0.4, -0.2) is 52.1 Å². The Morgan fingerprint density at radius 3 is 2.44 bits per heavy atom. The van der Waals surface area contributed by atoms with E-state index in [2.05, 4.69) is 51.6 Å². The number of pyridine rings is 1. The van der Waals surface area contributed by atoms with E-state index >= 15 is 0 Å². The third kappa shape index (κ3) is 6.21. The minimum absolute atomic E-state index is 0.0752. The maximum atomic E-state index is 15.0. The summed E-state index contributed by atoms with van der Waals surface area (Å²) in [5.74, 6) is 0.300. The molecule has 5 rings (SSSR count). The van der Waals surface area contributed by atoms with E-state index in [1.165, 1.54) is 24.5 Å². The van der Waals surface area contributed by atoms with Crippen LogP contribution in [0.15, 0.2) is 36.7 Å². The van der Waals surface area contributed by atoms with Crippen molar-refractivity contribution in [3.05, 3.63) is 65.4 Å². The zero-order chi connectivity index (χ0) is 27.7. The molecule has 0 radical (unpaired) electrons.